The van der Waals surface area contributed by atoms with Gasteiger partial charge in [0.05, 0.1) is 0 Å². The lowest BCUT2D eigenvalue weighted by molar-refractivity contribution is 0.246. The van der Waals surface area contributed by atoms with E-state index in [0.717, 1.165) is 6.54 Å². The summed E-state index contributed by atoms with van der Waals surface area (Å²) in [6, 6.07) is 12.1. The Morgan fingerprint density at radius 2 is 1.79 bits per heavy atom. The maximum Gasteiger partial charge on any atom is 0.0192 e. The summed E-state index contributed by atoms with van der Waals surface area (Å²) in [5, 5.41) is 3.69. The third kappa shape index (κ3) is 4.96. The van der Waals surface area contributed by atoms with Crippen LogP contribution in [0.25, 0.3) is 0 Å². The molecule has 0 spiro atoms. The summed E-state index contributed by atoms with van der Waals surface area (Å²) in [7, 11) is 0. The van der Waals surface area contributed by atoms with Crippen LogP contribution in [0.15, 0.2) is 30.3 Å². The van der Waals surface area contributed by atoms with Crippen molar-refractivity contribution in [2.24, 2.45) is 0 Å². The van der Waals surface area contributed by atoms with E-state index in [4.69, 9.17) is 0 Å². The fourth-order valence-electron chi connectivity index (χ4n) is 2.81. The molecule has 2 nitrogen and oxygen atoms in total. The Labute approximate surface area is 118 Å². The van der Waals surface area contributed by atoms with Gasteiger partial charge in [-0.1, -0.05) is 30.3 Å². The first kappa shape index (κ1) is 14.5. The Bertz CT molecular complexity index is 344. The first-order valence-electron chi connectivity index (χ1n) is 7.77. The molecular weight excluding hydrogens is 232 g/mol. The molecule has 1 saturated heterocycles. The van der Waals surface area contributed by atoms with Crippen LogP contribution in [0.5, 0.6) is 0 Å². The van der Waals surface area contributed by atoms with Crippen molar-refractivity contribution < 1.29 is 0 Å². The lowest BCUT2D eigenvalue weighted by Crippen LogP contribution is -2.41. The zero-order valence-corrected chi connectivity index (χ0v) is 12.4. The van der Waals surface area contributed by atoms with Crippen LogP contribution in [0.1, 0.15) is 38.7 Å². The molecule has 1 aliphatic rings. The molecule has 2 heteroatoms. The van der Waals surface area contributed by atoms with Crippen molar-refractivity contribution in [3.63, 3.8) is 0 Å². The molecule has 0 radical (unpaired) electrons. The average Bonchev–Trinajstić information content (AvgIpc) is 2.98. The number of hydrogen-bond donors (Lipinski definition) is 1. The fourth-order valence-corrected chi connectivity index (χ4v) is 2.81. The first-order valence-corrected chi connectivity index (χ1v) is 7.77. The third-order valence-electron chi connectivity index (χ3n) is 4.23. The molecule has 0 aliphatic carbocycles. The third-order valence-corrected chi connectivity index (χ3v) is 4.23. The molecule has 106 valence electrons. The molecule has 1 heterocycles. The summed E-state index contributed by atoms with van der Waals surface area (Å²) < 4.78 is 0. The van der Waals surface area contributed by atoms with Crippen molar-refractivity contribution in [3.8, 4) is 0 Å². The van der Waals surface area contributed by atoms with Crippen LogP contribution in [-0.4, -0.2) is 36.6 Å². The Hall–Kier alpha value is -0.860. The highest BCUT2D eigenvalue weighted by atomic mass is 15.2. The molecule has 2 atom stereocenters. The van der Waals surface area contributed by atoms with Gasteiger partial charge in [0.15, 0.2) is 0 Å². The van der Waals surface area contributed by atoms with Crippen LogP contribution in [0.4, 0.5) is 0 Å². The standard InChI is InChI=1S/C17H28N2/c1-15(10-11-17-8-4-3-5-9-17)18-14-16(2)19-12-6-7-13-19/h3-5,8-9,15-16,18H,6-7,10-14H2,1-2H3. The molecule has 19 heavy (non-hydrogen) atoms. The molecule has 1 aromatic rings. The number of nitrogens with one attached hydrogen (secondary N) is 1. The monoisotopic (exact) mass is 260 g/mol. The molecular formula is C17H28N2. The second-order valence-electron chi connectivity index (χ2n) is 5.93. The Balaban J connectivity index is 1.62. The second kappa shape index (κ2) is 7.66. The van der Waals surface area contributed by atoms with Gasteiger partial charge < -0.3 is 5.32 Å². The molecule has 0 bridgehead atoms. The summed E-state index contributed by atoms with van der Waals surface area (Å²) in [4.78, 5) is 2.61. The van der Waals surface area contributed by atoms with Gasteiger partial charge in [0.2, 0.25) is 0 Å². The topological polar surface area (TPSA) is 15.3 Å². The van der Waals surface area contributed by atoms with Crippen LogP contribution in [-0.2, 0) is 6.42 Å². The van der Waals surface area contributed by atoms with E-state index < -0.39 is 0 Å². The Morgan fingerprint density at radius 3 is 2.47 bits per heavy atom. The summed E-state index contributed by atoms with van der Waals surface area (Å²) in [5.74, 6) is 0. The SMILES string of the molecule is CC(CCc1ccccc1)NCC(C)N1CCCC1. The summed E-state index contributed by atoms with van der Waals surface area (Å²) in [6.45, 7) is 8.36. The minimum absolute atomic E-state index is 0.602. The van der Waals surface area contributed by atoms with Crippen molar-refractivity contribution in [2.45, 2.75) is 51.6 Å². The number of hydrogen-bond acceptors (Lipinski definition) is 2. The van der Waals surface area contributed by atoms with E-state index in [-0.39, 0.29) is 0 Å². The zero-order valence-electron chi connectivity index (χ0n) is 12.4. The van der Waals surface area contributed by atoms with Gasteiger partial charge in [0.1, 0.15) is 0 Å². The van der Waals surface area contributed by atoms with E-state index in [1.54, 1.807) is 0 Å². The lowest BCUT2D eigenvalue weighted by Gasteiger charge is -2.25. The highest BCUT2D eigenvalue weighted by Crippen LogP contribution is 2.11. The zero-order chi connectivity index (χ0) is 13.5. The van der Waals surface area contributed by atoms with Gasteiger partial charge in [-0.15, -0.1) is 0 Å². The molecule has 1 fully saturated rings. The van der Waals surface area contributed by atoms with Gasteiger partial charge in [0, 0.05) is 18.6 Å². The fraction of sp³-hybridized carbons (Fsp3) is 0.647. The molecule has 0 amide bonds. The Morgan fingerprint density at radius 1 is 1.11 bits per heavy atom. The van der Waals surface area contributed by atoms with E-state index >= 15 is 0 Å². The molecule has 1 N–H and O–H groups in total. The van der Waals surface area contributed by atoms with E-state index in [1.165, 1.54) is 44.3 Å². The number of likely N-dealkylation sites (tertiary alicyclic amines) is 1. The van der Waals surface area contributed by atoms with Crippen LogP contribution < -0.4 is 5.32 Å². The lowest BCUT2D eigenvalue weighted by atomic mass is 10.1. The van der Waals surface area contributed by atoms with Crippen LogP contribution in [0, 0.1) is 0 Å². The van der Waals surface area contributed by atoms with Crippen molar-refractivity contribution in [3.05, 3.63) is 35.9 Å². The van der Waals surface area contributed by atoms with E-state index in [1.807, 2.05) is 0 Å². The van der Waals surface area contributed by atoms with Gasteiger partial charge in [-0.2, -0.15) is 0 Å². The molecule has 0 saturated carbocycles. The van der Waals surface area contributed by atoms with E-state index in [2.05, 4.69) is 54.4 Å². The summed E-state index contributed by atoms with van der Waals surface area (Å²) in [5.41, 5.74) is 1.45. The highest BCUT2D eigenvalue weighted by molar-refractivity contribution is 5.14. The number of aryl methyl sites for hydroxylation is 1. The van der Waals surface area contributed by atoms with Gasteiger partial charge >= 0.3 is 0 Å². The first-order chi connectivity index (χ1) is 9.25. The van der Waals surface area contributed by atoms with Crippen molar-refractivity contribution >= 4 is 0 Å². The van der Waals surface area contributed by atoms with Gasteiger partial charge in [0.25, 0.3) is 0 Å². The minimum Gasteiger partial charge on any atom is -0.313 e. The Kier molecular flexibility index (Phi) is 5.87. The molecule has 1 aromatic carbocycles. The second-order valence-corrected chi connectivity index (χ2v) is 5.93. The number of benzene rings is 1. The van der Waals surface area contributed by atoms with E-state index in [9.17, 15) is 0 Å². The highest BCUT2D eigenvalue weighted by Gasteiger charge is 2.17. The predicted octanol–water partition coefficient (Wildman–Crippen LogP) is 3.08. The van der Waals surface area contributed by atoms with Crippen molar-refractivity contribution in [2.75, 3.05) is 19.6 Å². The normalized spacial score (nSPS) is 19.5. The molecule has 2 rings (SSSR count). The van der Waals surface area contributed by atoms with Crippen molar-refractivity contribution in [1.82, 2.24) is 10.2 Å². The summed E-state index contributed by atoms with van der Waals surface area (Å²) >= 11 is 0. The van der Waals surface area contributed by atoms with Crippen molar-refractivity contribution in [1.29, 1.82) is 0 Å². The number of nitrogens with zero attached hydrogens (tertiary/aromatic N) is 1. The maximum absolute atomic E-state index is 3.69. The molecule has 2 unspecified atom stereocenters. The minimum atomic E-state index is 0.602. The van der Waals surface area contributed by atoms with Crippen LogP contribution >= 0.6 is 0 Å². The van der Waals surface area contributed by atoms with Gasteiger partial charge in [-0.05, 0) is 58.2 Å². The predicted molar refractivity (Wildman–Crippen MR) is 82.5 cm³/mol. The largest absolute Gasteiger partial charge is 0.313 e. The van der Waals surface area contributed by atoms with Gasteiger partial charge in [-0.25, -0.2) is 0 Å². The van der Waals surface area contributed by atoms with Crippen LogP contribution in [0.2, 0.25) is 0 Å². The molecule has 1 aliphatic heterocycles. The maximum atomic E-state index is 3.69. The van der Waals surface area contributed by atoms with Gasteiger partial charge in [-0.3, -0.25) is 4.90 Å². The molecule has 0 aromatic heterocycles. The number of rotatable bonds is 7. The van der Waals surface area contributed by atoms with Crippen LogP contribution in [0.3, 0.4) is 0 Å². The van der Waals surface area contributed by atoms with E-state index in [0.29, 0.717) is 12.1 Å². The smallest absolute Gasteiger partial charge is 0.0192 e. The average molecular weight is 260 g/mol. The quantitative estimate of drug-likeness (QED) is 0.810. The summed E-state index contributed by atoms with van der Waals surface area (Å²) in [6.07, 6.45) is 5.16.